The van der Waals surface area contributed by atoms with Gasteiger partial charge in [0.25, 0.3) is 11.8 Å². The van der Waals surface area contributed by atoms with E-state index in [2.05, 4.69) is 30.9 Å². The maximum Gasteiger partial charge on any atom is 0.272 e. The average molecular weight is 438 g/mol. The first-order chi connectivity index (χ1) is 15.0. The van der Waals surface area contributed by atoms with Crippen LogP contribution in [-0.2, 0) is 12.5 Å². The summed E-state index contributed by atoms with van der Waals surface area (Å²) in [6, 6.07) is 7.72. The Bertz CT molecular complexity index is 1210. The molecule has 0 spiro atoms. The van der Waals surface area contributed by atoms with Gasteiger partial charge < -0.3 is 10.6 Å². The normalized spacial score (nSPS) is 17.0. The SMILES string of the molecule is Cn1nc(C(C)(C)C)cc1C(=O)N1CCCC(c2nc3ccc(F)cc3cc2C(N)=O)C1. The second kappa shape index (κ2) is 8.00. The minimum atomic E-state index is -0.608. The average Bonchev–Trinajstić information content (AvgIpc) is 3.14. The third-order valence-electron chi connectivity index (χ3n) is 6.03. The van der Waals surface area contributed by atoms with E-state index in [0.717, 1.165) is 18.5 Å². The Morgan fingerprint density at radius 3 is 2.59 bits per heavy atom. The molecule has 0 saturated carbocycles. The fourth-order valence-corrected chi connectivity index (χ4v) is 4.25. The first kappa shape index (κ1) is 21.9. The van der Waals surface area contributed by atoms with E-state index in [-0.39, 0.29) is 22.8 Å². The second-order valence-corrected chi connectivity index (χ2v) is 9.50. The van der Waals surface area contributed by atoms with Crippen LogP contribution in [0.2, 0.25) is 0 Å². The molecule has 1 aromatic carbocycles. The van der Waals surface area contributed by atoms with Crippen LogP contribution >= 0.6 is 0 Å². The molecule has 1 aliphatic rings. The van der Waals surface area contributed by atoms with Gasteiger partial charge in [-0.1, -0.05) is 20.8 Å². The topological polar surface area (TPSA) is 94.1 Å². The first-order valence-corrected chi connectivity index (χ1v) is 10.8. The highest BCUT2D eigenvalue weighted by atomic mass is 19.1. The van der Waals surface area contributed by atoms with Gasteiger partial charge in [0.1, 0.15) is 11.5 Å². The van der Waals surface area contributed by atoms with Crippen LogP contribution in [0, 0.1) is 5.82 Å². The molecule has 0 bridgehead atoms. The molecule has 3 heterocycles. The van der Waals surface area contributed by atoms with Crippen LogP contribution in [0.4, 0.5) is 4.39 Å². The van der Waals surface area contributed by atoms with Gasteiger partial charge in [0.05, 0.1) is 22.5 Å². The number of nitrogens with zero attached hydrogens (tertiary/aromatic N) is 4. The predicted molar refractivity (Wildman–Crippen MR) is 120 cm³/mol. The Morgan fingerprint density at radius 1 is 1.19 bits per heavy atom. The molecule has 2 amide bonds. The van der Waals surface area contributed by atoms with Crippen LogP contribution in [0.1, 0.15) is 71.8 Å². The van der Waals surface area contributed by atoms with Gasteiger partial charge >= 0.3 is 0 Å². The lowest BCUT2D eigenvalue weighted by Crippen LogP contribution is -2.40. The number of hydrogen-bond acceptors (Lipinski definition) is 4. The van der Waals surface area contributed by atoms with E-state index >= 15 is 0 Å². The van der Waals surface area contributed by atoms with E-state index in [0.29, 0.717) is 35.4 Å². The Balaban J connectivity index is 1.66. The van der Waals surface area contributed by atoms with Crippen molar-refractivity contribution in [3.63, 3.8) is 0 Å². The third kappa shape index (κ3) is 4.09. The van der Waals surface area contributed by atoms with Crippen molar-refractivity contribution >= 4 is 22.7 Å². The van der Waals surface area contributed by atoms with E-state index in [4.69, 9.17) is 5.73 Å². The number of carbonyl (C=O) groups is 2. The van der Waals surface area contributed by atoms with Crippen LogP contribution in [0.3, 0.4) is 0 Å². The Morgan fingerprint density at radius 2 is 1.94 bits per heavy atom. The summed E-state index contributed by atoms with van der Waals surface area (Å²) >= 11 is 0. The smallest absolute Gasteiger partial charge is 0.272 e. The van der Waals surface area contributed by atoms with Crippen molar-refractivity contribution < 1.29 is 14.0 Å². The van der Waals surface area contributed by atoms with E-state index in [9.17, 15) is 14.0 Å². The van der Waals surface area contributed by atoms with Gasteiger partial charge in [-0.25, -0.2) is 4.39 Å². The minimum absolute atomic E-state index is 0.0938. The van der Waals surface area contributed by atoms with Gasteiger partial charge in [0, 0.05) is 36.9 Å². The number of primary amides is 1. The summed E-state index contributed by atoms with van der Waals surface area (Å²) in [7, 11) is 1.78. The summed E-state index contributed by atoms with van der Waals surface area (Å²) in [6.07, 6.45) is 1.56. The van der Waals surface area contributed by atoms with Gasteiger partial charge in [-0.2, -0.15) is 5.10 Å². The number of nitrogens with two attached hydrogens (primary N) is 1. The fraction of sp³-hybridized carbons (Fsp3) is 0.417. The predicted octanol–water partition coefficient (Wildman–Crippen LogP) is 3.52. The van der Waals surface area contributed by atoms with Gasteiger partial charge in [0.2, 0.25) is 0 Å². The van der Waals surface area contributed by atoms with Gasteiger partial charge in [-0.3, -0.25) is 19.3 Å². The molecule has 1 fully saturated rings. The summed E-state index contributed by atoms with van der Waals surface area (Å²) in [5.74, 6) is -1.24. The van der Waals surface area contributed by atoms with Crippen LogP contribution < -0.4 is 5.73 Å². The molecular weight excluding hydrogens is 409 g/mol. The molecule has 32 heavy (non-hydrogen) atoms. The first-order valence-electron chi connectivity index (χ1n) is 10.8. The van der Waals surface area contributed by atoms with Crippen molar-refractivity contribution in [2.75, 3.05) is 13.1 Å². The molecule has 4 rings (SSSR count). The molecular formula is C24H28FN5O2. The van der Waals surface area contributed by atoms with Gasteiger partial charge in [0.15, 0.2) is 0 Å². The molecule has 1 unspecified atom stereocenters. The van der Waals surface area contributed by atoms with Gasteiger partial charge in [-0.15, -0.1) is 0 Å². The number of carbonyl (C=O) groups excluding carboxylic acids is 2. The highest BCUT2D eigenvalue weighted by Gasteiger charge is 2.31. The van der Waals surface area contributed by atoms with Crippen molar-refractivity contribution in [3.8, 4) is 0 Å². The lowest BCUT2D eigenvalue weighted by molar-refractivity contribution is 0.0694. The third-order valence-corrected chi connectivity index (χ3v) is 6.03. The van der Waals surface area contributed by atoms with Crippen LogP contribution in [0.25, 0.3) is 10.9 Å². The van der Waals surface area contributed by atoms with Crippen molar-refractivity contribution in [1.29, 1.82) is 0 Å². The number of amides is 2. The van der Waals surface area contributed by atoms with Gasteiger partial charge in [-0.05, 0) is 43.2 Å². The maximum atomic E-state index is 13.6. The number of hydrogen-bond donors (Lipinski definition) is 1. The summed E-state index contributed by atoms with van der Waals surface area (Å²) in [5, 5.41) is 5.04. The second-order valence-electron chi connectivity index (χ2n) is 9.50. The quantitative estimate of drug-likeness (QED) is 0.678. The molecule has 2 aromatic heterocycles. The Labute approximate surface area is 186 Å². The zero-order chi connectivity index (χ0) is 23.2. The van der Waals surface area contributed by atoms with Crippen molar-refractivity contribution in [3.05, 3.63) is 58.8 Å². The molecule has 8 heteroatoms. The van der Waals surface area contributed by atoms with E-state index in [1.54, 1.807) is 28.8 Å². The zero-order valence-electron chi connectivity index (χ0n) is 18.9. The molecule has 2 N–H and O–H groups in total. The number of pyridine rings is 1. The minimum Gasteiger partial charge on any atom is -0.366 e. The molecule has 168 valence electrons. The molecule has 3 aromatic rings. The molecule has 1 saturated heterocycles. The monoisotopic (exact) mass is 437 g/mol. The molecule has 1 aliphatic heterocycles. The largest absolute Gasteiger partial charge is 0.366 e. The van der Waals surface area contributed by atoms with Crippen molar-refractivity contribution in [1.82, 2.24) is 19.7 Å². The highest BCUT2D eigenvalue weighted by Crippen LogP contribution is 2.31. The molecule has 0 aliphatic carbocycles. The molecule has 1 atom stereocenters. The number of aryl methyl sites for hydroxylation is 1. The van der Waals surface area contributed by atoms with E-state index in [1.807, 2.05) is 6.07 Å². The number of fused-ring (bicyclic) bond motifs is 1. The summed E-state index contributed by atoms with van der Waals surface area (Å²) < 4.78 is 15.3. The summed E-state index contributed by atoms with van der Waals surface area (Å²) in [6.45, 7) is 7.22. The van der Waals surface area contributed by atoms with Crippen LogP contribution in [0.5, 0.6) is 0 Å². The van der Waals surface area contributed by atoms with E-state index < -0.39 is 11.7 Å². The van der Waals surface area contributed by atoms with Crippen LogP contribution in [0.15, 0.2) is 30.3 Å². The fourth-order valence-electron chi connectivity index (χ4n) is 4.25. The van der Waals surface area contributed by atoms with Crippen molar-refractivity contribution in [2.24, 2.45) is 12.8 Å². The zero-order valence-corrected chi connectivity index (χ0v) is 18.9. The Kier molecular flexibility index (Phi) is 5.48. The van der Waals surface area contributed by atoms with Crippen LogP contribution in [-0.4, -0.2) is 44.6 Å². The maximum absolute atomic E-state index is 13.6. The number of likely N-dealkylation sites (tertiary alicyclic amines) is 1. The summed E-state index contributed by atoms with van der Waals surface area (Å²) in [4.78, 5) is 31.9. The Hall–Kier alpha value is -3.29. The molecule has 7 nitrogen and oxygen atoms in total. The highest BCUT2D eigenvalue weighted by molar-refractivity contribution is 5.98. The standard InChI is InChI=1S/C24H28FN5O2/c1-24(2,3)20-12-19(29(4)28-20)23(32)30-9-5-6-14(13-30)21-17(22(26)31)11-15-10-16(25)7-8-18(15)27-21/h7-8,10-12,14H,5-6,9,13H2,1-4H3,(H2,26,31). The lowest BCUT2D eigenvalue weighted by atomic mass is 9.90. The number of piperidine rings is 1. The van der Waals surface area contributed by atoms with Crippen molar-refractivity contribution in [2.45, 2.75) is 44.9 Å². The molecule has 0 radical (unpaired) electrons. The lowest BCUT2D eigenvalue weighted by Gasteiger charge is -2.33. The number of aromatic nitrogens is 3. The summed E-state index contributed by atoms with van der Waals surface area (Å²) in [5.41, 5.74) is 8.30. The number of benzene rings is 1. The number of rotatable bonds is 3. The number of halogens is 1. The van der Waals surface area contributed by atoms with E-state index in [1.165, 1.54) is 12.1 Å².